The molecule has 0 saturated carbocycles. The summed E-state index contributed by atoms with van der Waals surface area (Å²) in [6.07, 6.45) is 2.32. The van der Waals surface area contributed by atoms with Gasteiger partial charge in [0.05, 0.1) is 6.42 Å². The number of rotatable bonds is 5. The normalized spacial score (nSPS) is 10.9. The summed E-state index contributed by atoms with van der Waals surface area (Å²) in [5.41, 5.74) is 2.67. The molecule has 2 N–H and O–H groups in total. The van der Waals surface area contributed by atoms with Crippen LogP contribution in [0.15, 0.2) is 18.2 Å². The zero-order chi connectivity index (χ0) is 13.8. The highest BCUT2D eigenvalue weighted by Gasteiger charge is 2.12. The summed E-state index contributed by atoms with van der Waals surface area (Å²) in [6.45, 7) is 4.69. The van der Waals surface area contributed by atoms with E-state index in [9.17, 15) is 9.18 Å². The number of hydrogen-bond donors (Lipinski definition) is 2. The van der Waals surface area contributed by atoms with Crippen LogP contribution >= 0.6 is 0 Å². The van der Waals surface area contributed by atoms with Crippen molar-refractivity contribution in [1.82, 2.24) is 10.3 Å². The number of fused-ring (bicyclic) bond motifs is 1. The second-order valence-electron chi connectivity index (χ2n) is 4.80. The smallest absolute Gasteiger partial charge is 0.224 e. The average Bonchev–Trinajstić information content (AvgIpc) is 2.66. The third kappa shape index (κ3) is 3.13. The van der Waals surface area contributed by atoms with Gasteiger partial charge in [-0.3, -0.25) is 4.79 Å². The summed E-state index contributed by atoms with van der Waals surface area (Å²) in [5.74, 6) is -0.291. The van der Waals surface area contributed by atoms with Crippen LogP contribution in [0.4, 0.5) is 4.39 Å². The lowest BCUT2D eigenvalue weighted by molar-refractivity contribution is -0.120. The minimum absolute atomic E-state index is 0.0123. The minimum atomic E-state index is -0.279. The second kappa shape index (κ2) is 5.87. The quantitative estimate of drug-likeness (QED) is 0.799. The molecule has 2 rings (SSSR count). The van der Waals surface area contributed by atoms with E-state index in [4.69, 9.17) is 0 Å². The predicted molar refractivity (Wildman–Crippen MR) is 74.6 cm³/mol. The van der Waals surface area contributed by atoms with Gasteiger partial charge in [0.15, 0.2) is 0 Å². The van der Waals surface area contributed by atoms with Crippen LogP contribution in [0, 0.1) is 12.7 Å². The van der Waals surface area contributed by atoms with Gasteiger partial charge in [0.2, 0.25) is 5.91 Å². The van der Waals surface area contributed by atoms with Crippen molar-refractivity contribution in [3.05, 3.63) is 35.3 Å². The predicted octanol–water partition coefficient (Wildman–Crippen LogP) is 3.07. The van der Waals surface area contributed by atoms with Gasteiger partial charge in [-0.1, -0.05) is 13.3 Å². The molecule has 0 atom stereocenters. The summed E-state index contributed by atoms with van der Waals surface area (Å²) in [6, 6.07) is 4.60. The Balaban J connectivity index is 2.17. The zero-order valence-electron chi connectivity index (χ0n) is 11.3. The standard InChI is InChI=1S/C15H19FN2O/c1-3-4-7-17-15(19)9-12-10(2)18-14-6-5-11(16)8-13(12)14/h5-6,8,18H,3-4,7,9H2,1-2H3,(H,17,19). The van der Waals surface area contributed by atoms with Gasteiger partial charge >= 0.3 is 0 Å². The number of aryl methyl sites for hydroxylation is 1. The van der Waals surface area contributed by atoms with Crippen molar-refractivity contribution in [1.29, 1.82) is 0 Å². The molecule has 0 spiro atoms. The highest BCUT2D eigenvalue weighted by Crippen LogP contribution is 2.23. The molecule has 1 heterocycles. The van der Waals surface area contributed by atoms with Crippen molar-refractivity contribution >= 4 is 16.8 Å². The largest absolute Gasteiger partial charge is 0.358 e. The molecule has 0 bridgehead atoms. The Morgan fingerprint density at radius 1 is 1.42 bits per heavy atom. The summed E-state index contributed by atoms with van der Waals surface area (Å²) in [4.78, 5) is 15.0. The lowest BCUT2D eigenvalue weighted by Gasteiger charge is -2.04. The molecule has 1 amide bonds. The maximum absolute atomic E-state index is 13.3. The highest BCUT2D eigenvalue weighted by molar-refractivity contribution is 5.90. The van der Waals surface area contributed by atoms with E-state index in [0.29, 0.717) is 13.0 Å². The average molecular weight is 262 g/mol. The summed E-state index contributed by atoms with van der Waals surface area (Å²) in [5, 5.41) is 3.68. The lowest BCUT2D eigenvalue weighted by Crippen LogP contribution is -2.26. The third-order valence-corrected chi connectivity index (χ3v) is 3.27. The van der Waals surface area contributed by atoms with Gasteiger partial charge in [0.25, 0.3) is 0 Å². The van der Waals surface area contributed by atoms with Crippen molar-refractivity contribution in [3.8, 4) is 0 Å². The first-order valence-corrected chi connectivity index (χ1v) is 6.65. The molecular formula is C15H19FN2O. The Kier molecular flexibility index (Phi) is 4.20. The third-order valence-electron chi connectivity index (χ3n) is 3.27. The van der Waals surface area contributed by atoms with E-state index >= 15 is 0 Å². The van der Waals surface area contributed by atoms with E-state index in [1.165, 1.54) is 12.1 Å². The van der Waals surface area contributed by atoms with E-state index in [2.05, 4.69) is 17.2 Å². The fourth-order valence-electron chi connectivity index (χ4n) is 2.21. The topological polar surface area (TPSA) is 44.9 Å². The minimum Gasteiger partial charge on any atom is -0.358 e. The molecular weight excluding hydrogens is 243 g/mol. The van der Waals surface area contributed by atoms with E-state index < -0.39 is 0 Å². The molecule has 19 heavy (non-hydrogen) atoms. The van der Waals surface area contributed by atoms with Crippen LogP contribution < -0.4 is 5.32 Å². The fourth-order valence-corrected chi connectivity index (χ4v) is 2.21. The first-order chi connectivity index (χ1) is 9.11. The Morgan fingerprint density at radius 2 is 2.21 bits per heavy atom. The summed E-state index contributed by atoms with van der Waals surface area (Å²) < 4.78 is 13.3. The van der Waals surface area contributed by atoms with Crippen molar-refractivity contribution < 1.29 is 9.18 Å². The molecule has 2 aromatic rings. The molecule has 0 fully saturated rings. The Bertz CT molecular complexity index is 589. The zero-order valence-corrected chi connectivity index (χ0v) is 11.3. The molecule has 102 valence electrons. The highest BCUT2D eigenvalue weighted by atomic mass is 19.1. The van der Waals surface area contributed by atoms with Crippen molar-refractivity contribution in [2.75, 3.05) is 6.54 Å². The summed E-state index contributed by atoms with van der Waals surface area (Å²) in [7, 11) is 0. The van der Waals surface area contributed by atoms with E-state index in [0.717, 1.165) is 35.0 Å². The molecule has 0 aliphatic carbocycles. The van der Waals surface area contributed by atoms with E-state index in [1.54, 1.807) is 6.07 Å². The molecule has 0 unspecified atom stereocenters. The van der Waals surface area contributed by atoms with Crippen LogP contribution in [0.1, 0.15) is 31.0 Å². The van der Waals surface area contributed by atoms with Gasteiger partial charge in [-0.25, -0.2) is 4.39 Å². The van der Waals surface area contributed by atoms with Crippen molar-refractivity contribution in [2.45, 2.75) is 33.1 Å². The van der Waals surface area contributed by atoms with E-state index in [1.807, 2.05) is 6.92 Å². The Labute approximate surface area is 112 Å². The number of carbonyl (C=O) groups excluding carboxylic acids is 1. The number of nitrogens with one attached hydrogen (secondary N) is 2. The maximum Gasteiger partial charge on any atom is 0.224 e. The number of aromatic amines is 1. The van der Waals surface area contributed by atoms with Crippen LogP contribution in [-0.2, 0) is 11.2 Å². The number of H-pyrrole nitrogens is 1. The Morgan fingerprint density at radius 3 is 2.95 bits per heavy atom. The van der Waals surface area contributed by atoms with Crippen LogP contribution in [0.2, 0.25) is 0 Å². The number of carbonyl (C=O) groups is 1. The number of hydrogen-bond acceptors (Lipinski definition) is 1. The van der Waals surface area contributed by atoms with Gasteiger partial charge in [-0.05, 0) is 37.1 Å². The molecule has 0 aliphatic heterocycles. The number of halogens is 1. The molecule has 3 nitrogen and oxygen atoms in total. The van der Waals surface area contributed by atoms with E-state index in [-0.39, 0.29) is 11.7 Å². The fraction of sp³-hybridized carbons (Fsp3) is 0.400. The first-order valence-electron chi connectivity index (χ1n) is 6.65. The number of amides is 1. The molecule has 0 radical (unpaired) electrons. The van der Waals surface area contributed by atoms with Crippen LogP contribution in [-0.4, -0.2) is 17.4 Å². The monoisotopic (exact) mass is 262 g/mol. The summed E-state index contributed by atoms with van der Waals surface area (Å²) >= 11 is 0. The number of unbranched alkanes of at least 4 members (excludes halogenated alkanes) is 1. The Hall–Kier alpha value is -1.84. The molecule has 0 aliphatic rings. The van der Waals surface area contributed by atoms with Gasteiger partial charge in [0, 0.05) is 23.1 Å². The van der Waals surface area contributed by atoms with Gasteiger partial charge in [-0.2, -0.15) is 0 Å². The molecule has 4 heteroatoms. The number of aromatic nitrogens is 1. The maximum atomic E-state index is 13.3. The lowest BCUT2D eigenvalue weighted by atomic mass is 10.1. The molecule has 0 saturated heterocycles. The van der Waals surface area contributed by atoms with Crippen LogP contribution in [0.5, 0.6) is 0 Å². The second-order valence-corrected chi connectivity index (χ2v) is 4.80. The molecule has 1 aromatic carbocycles. The van der Waals surface area contributed by atoms with Gasteiger partial charge < -0.3 is 10.3 Å². The van der Waals surface area contributed by atoms with Gasteiger partial charge in [-0.15, -0.1) is 0 Å². The van der Waals surface area contributed by atoms with Crippen LogP contribution in [0.3, 0.4) is 0 Å². The van der Waals surface area contributed by atoms with Crippen molar-refractivity contribution in [3.63, 3.8) is 0 Å². The molecule has 1 aromatic heterocycles. The van der Waals surface area contributed by atoms with Gasteiger partial charge in [0.1, 0.15) is 5.82 Å². The number of benzene rings is 1. The SMILES string of the molecule is CCCCNC(=O)Cc1c(C)[nH]c2ccc(F)cc12. The van der Waals surface area contributed by atoms with Crippen LogP contribution in [0.25, 0.3) is 10.9 Å². The first kappa shape index (κ1) is 13.6. The van der Waals surface area contributed by atoms with Crippen molar-refractivity contribution in [2.24, 2.45) is 0 Å².